The Kier molecular flexibility index (Phi) is 5.68. The second-order valence-electron chi connectivity index (χ2n) is 8.37. The lowest BCUT2D eigenvalue weighted by atomic mass is 9.96. The van der Waals surface area contributed by atoms with Crippen LogP contribution in [-0.4, -0.2) is 48.9 Å². The van der Waals surface area contributed by atoms with Crippen LogP contribution in [0.5, 0.6) is 0 Å². The monoisotopic (exact) mass is 462 g/mol. The number of aromatic nitrogens is 5. The average molecular weight is 463 g/mol. The molecule has 3 heterocycles. The molecule has 1 atom stereocenters. The molecular formula is C24H23ClN6O2. The van der Waals surface area contributed by atoms with Crippen LogP contribution in [-0.2, 0) is 6.54 Å². The molecule has 1 saturated heterocycles. The summed E-state index contributed by atoms with van der Waals surface area (Å²) in [4.78, 5) is 35.2. The molecule has 0 unspecified atom stereocenters. The molecule has 2 aromatic heterocycles. The number of benzene rings is 2. The van der Waals surface area contributed by atoms with Gasteiger partial charge in [-0.05, 0) is 43.0 Å². The van der Waals surface area contributed by atoms with E-state index in [9.17, 15) is 9.59 Å². The Morgan fingerprint density at radius 1 is 1.18 bits per heavy atom. The number of amides is 1. The molecule has 4 aromatic rings. The van der Waals surface area contributed by atoms with Gasteiger partial charge in [-0.1, -0.05) is 53.2 Å². The Morgan fingerprint density at radius 3 is 2.79 bits per heavy atom. The van der Waals surface area contributed by atoms with Gasteiger partial charge in [0.25, 0.3) is 11.5 Å². The second kappa shape index (κ2) is 8.78. The van der Waals surface area contributed by atoms with Crippen LogP contribution in [0.4, 0.5) is 0 Å². The maximum absolute atomic E-state index is 13.0. The van der Waals surface area contributed by atoms with Gasteiger partial charge in [0.1, 0.15) is 5.82 Å². The van der Waals surface area contributed by atoms with Gasteiger partial charge < -0.3 is 9.88 Å². The molecule has 1 aliphatic heterocycles. The Morgan fingerprint density at radius 2 is 1.97 bits per heavy atom. The first-order chi connectivity index (χ1) is 16.0. The number of carbonyl (C=O) groups is 1. The number of carbonyl (C=O) groups excluding carboxylic acids is 1. The minimum atomic E-state index is -0.319. The van der Waals surface area contributed by atoms with Gasteiger partial charge in [0, 0.05) is 19.0 Å². The van der Waals surface area contributed by atoms with E-state index >= 15 is 0 Å². The fourth-order valence-corrected chi connectivity index (χ4v) is 4.54. The van der Waals surface area contributed by atoms with Gasteiger partial charge in [-0.3, -0.25) is 9.59 Å². The number of piperidine rings is 1. The summed E-state index contributed by atoms with van der Waals surface area (Å²) in [6.45, 7) is 3.60. The first-order valence-electron chi connectivity index (χ1n) is 10.9. The minimum absolute atomic E-state index is 0.0934. The smallest absolute Gasteiger partial charge is 0.281 e. The highest BCUT2D eigenvalue weighted by atomic mass is 35.5. The molecule has 168 valence electrons. The molecule has 1 aliphatic rings. The highest BCUT2D eigenvalue weighted by molar-refractivity contribution is 6.33. The number of nitrogens with one attached hydrogen (secondary N) is 1. The maximum atomic E-state index is 13.0. The van der Waals surface area contributed by atoms with Crippen LogP contribution in [0.15, 0.2) is 53.3 Å². The molecular weight excluding hydrogens is 440 g/mol. The summed E-state index contributed by atoms with van der Waals surface area (Å²) in [6.07, 6.45) is 1.63. The van der Waals surface area contributed by atoms with E-state index in [0.29, 0.717) is 41.7 Å². The van der Waals surface area contributed by atoms with Gasteiger partial charge in [-0.2, -0.15) is 0 Å². The number of hydrogen-bond acceptors (Lipinski definition) is 5. The number of rotatable bonds is 4. The highest BCUT2D eigenvalue weighted by Crippen LogP contribution is 2.27. The summed E-state index contributed by atoms with van der Waals surface area (Å²) >= 11 is 6.24. The topological polar surface area (TPSA) is 96.8 Å². The molecule has 33 heavy (non-hydrogen) atoms. The van der Waals surface area contributed by atoms with Crippen molar-refractivity contribution >= 4 is 28.7 Å². The van der Waals surface area contributed by atoms with Gasteiger partial charge in [0.05, 0.1) is 17.1 Å². The molecule has 1 fully saturated rings. The van der Waals surface area contributed by atoms with Crippen LogP contribution in [0, 0.1) is 6.92 Å². The Hall–Kier alpha value is -3.52. The molecule has 0 bridgehead atoms. The number of likely N-dealkylation sites (tertiary alicyclic amines) is 1. The van der Waals surface area contributed by atoms with Crippen molar-refractivity contribution < 1.29 is 4.79 Å². The van der Waals surface area contributed by atoms with Crippen LogP contribution in [0.25, 0.3) is 11.2 Å². The van der Waals surface area contributed by atoms with E-state index in [-0.39, 0.29) is 22.9 Å². The van der Waals surface area contributed by atoms with E-state index in [1.807, 2.05) is 31.2 Å². The second-order valence-corrected chi connectivity index (χ2v) is 8.77. The van der Waals surface area contributed by atoms with Gasteiger partial charge in [-0.25, -0.2) is 9.67 Å². The fraction of sp³-hybridized carbons (Fsp3) is 0.292. The Bertz CT molecular complexity index is 1400. The molecule has 0 radical (unpaired) electrons. The van der Waals surface area contributed by atoms with Crippen molar-refractivity contribution in [2.45, 2.75) is 32.2 Å². The predicted octanol–water partition coefficient (Wildman–Crippen LogP) is 3.54. The summed E-state index contributed by atoms with van der Waals surface area (Å²) in [7, 11) is 0. The zero-order chi connectivity index (χ0) is 22.9. The maximum Gasteiger partial charge on any atom is 0.281 e. The van der Waals surface area contributed by atoms with Gasteiger partial charge in [0.15, 0.2) is 11.2 Å². The molecule has 0 spiro atoms. The number of hydrogen-bond donors (Lipinski definition) is 1. The van der Waals surface area contributed by atoms with Crippen LogP contribution >= 0.6 is 11.6 Å². The van der Waals surface area contributed by atoms with Crippen LogP contribution in [0.3, 0.4) is 0 Å². The quantitative estimate of drug-likeness (QED) is 0.500. The molecule has 8 nitrogen and oxygen atoms in total. The van der Waals surface area contributed by atoms with Crippen molar-refractivity contribution in [3.63, 3.8) is 0 Å². The van der Waals surface area contributed by atoms with Crippen molar-refractivity contribution in [3.8, 4) is 0 Å². The number of fused-ring (bicyclic) bond motifs is 1. The minimum Gasteiger partial charge on any atom is -0.338 e. The van der Waals surface area contributed by atoms with E-state index < -0.39 is 0 Å². The van der Waals surface area contributed by atoms with Crippen molar-refractivity contribution in [1.29, 1.82) is 0 Å². The lowest BCUT2D eigenvalue weighted by molar-refractivity contribution is 0.0704. The van der Waals surface area contributed by atoms with E-state index in [1.165, 1.54) is 0 Å². The summed E-state index contributed by atoms with van der Waals surface area (Å²) in [5.74, 6) is 0.349. The third-order valence-corrected chi connectivity index (χ3v) is 6.50. The van der Waals surface area contributed by atoms with Crippen molar-refractivity contribution in [2.24, 2.45) is 0 Å². The van der Waals surface area contributed by atoms with Crippen LogP contribution in [0.2, 0.25) is 5.02 Å². The molecule has 5 rings (SSSR count). The summed E-state index contributed by atoms with van der Waals surface area (Å²) in [6, 6.07) is 15.1. The van der Waals surface area contributed by atoms with Crippen LogP contribution < -0.4 is 5.56 Å². The Balaban J connectivity index is 1.44. The summed E-state index contributed by atoms with van der Waals surface area (Å²) in [5, 5.41) is 8.66. The van der Waals surface area contributed by atoms with E-state index in [2.05, 4.69) is 15.3 Å². The largest absolute Gasteiger partial charge is 0.338 e. The van der Waals surface area contributed by atoms with Crippen molar-refractivity contribution in [1.82, 2.24) is 29.9 Å². The van der Waals surface area contributed by atoms with Gasteiger partial charge in [-0.15, -0.1) is 5.10 Å². The Labute approximate surface area is 195 Å². The fourth-order valence-electron chi connectivity index (χ4n) is 4.32. The lowest BCUT2D eigenvalue weighted by Crippen LogP contribution is -2.40. The first kappa shape index (κ1) is 21.3. The third kappa shape index (κ3) is 4.14. The normalized spacial score (nSPS) is 16.3. The van der Waals surface area contributed by atoms with E-state index in [0.717, 1.165) is 24.0 Å². The predicted molar refractivity (Wildman–Crippen MR) is 126 cm³/mol. The van der Waals surface area contributed by atoms with Gasteiger partial charge in [0.2, 0.25) is 0 Å². The number of aryl methyl sites for hydroxylation is 1. The van der Waals surface area contributed by atoms with E-state index in [1.54, 1.807) is 33.8 Å². The number of halogens is 1. The van der Waals surface area contributed by atoms with Crippen molar-refractivity contribution in [2.75, 3.05) is 13.1 Å². The average Bonchev–Trinajstić information content (AvgIpc) is 3.24. The molecule has 1 amide bonds. The number of H-pyrrole nitrogens is 1. The molecule has 2 aromatic carbocycles. The third-order valence-electron chi connectivity index (χ3n) is 6.17. The lowest BCUT2D eigenvalue weighted by Gasteiger charge is -2.32. The van der Waals surface area contributed by atoms with Crippen LogP contribution in [0.1, 0.15) is 46.1 Å². The summed E-state index contributed by atoms with van der Waals surface area (Å²) in [5.41, 5.74) is 3.05. The molecule has 1 N–H and O–H groups in total. The molecule has 0 saturated carbocycles. The standard InChI is InChI=1S/C24H23ClN6O2/c1-15-7-2-3-8-16(15)14-31-22-20(28-29-31)23(32)27-21(26-22)17-9-6-12-30(13-17)24(33)18-10-4-5-11-19(18)25/h2-5,7-8,10-11,17H,6,9,12-14H2,1H3,(H,26,27,32)/t17-/m0/s1. The number of nitrogens with zero attached hydrogens (tertiary/aromatic N) is 5. The molecule has 9 heteroatoms. The van der Waals surface area contributed by atoms with E-state index in [4.69, 9.17) is 16.6 Å². The zero-order valence-electron chi connectivity index (χ0n) is 18.2. The first-order valence-corrected chi connectivity index (χ1v) is 11.3. The van der Waals surface area contributed by atoms with Gasteiger partial charge >= 0.3 is 0 Å². The summed E-state index contributed by atoms with van der Waals surface area (Å²) < 4.78 is 1.66. The SMILES string of the molecule is Cc1ccccc1Cn1nnc2c(=O)[nH]c([C@H]3CCCN(C(=O)c4ccccc4Cl)C3)nc21. The molecule has 0 aliphatic carbocycles. The zero-order valence-corrected chi connectivity index (χ0v) is 18.9. The number of aromatic amines is 1. The highest BCUT2D eigenvalue weighted by Gasteiger charge is 2.28. The van der Waals surface area contributed by atoms with Crippen molar-refractivity contribution in [3.05, 3.63) is 86.4 Å².